The van der Waals surface area contributed by atoms with Crippen molar-refractivity contribution >= 4 is 17.5 Å². The third-order valence-electron chi connectivity index (χ3n) is 4.10. The van der Waals surface area contributed by atoms with Crippen LogP contribution in [0.5, 0.6) is 5.75 Å². The summed E-state index contributed by atoms with van der Waals surface area (Å²) in [5.74, 6) is 2.52. The average molecular weight is 346 g/mol. The number of anilines is 2. The van der Waals surface area contributed by atoms with Gasteiger partial charge in [-0.3, -0.25) is 9.69 Å². The number of aromatic nitrogens is 3. The minimum Gasteiger partial charge on any atom is -0.491 e. The normalized spacial score (nSPS) is 15.2. The van der Waals surface area contributed by atoms with Gasteiger partial charge in [0.05, 0.1) is 19.3 Å². The van der Waals surface area contributed by atoms with Gasteiger partial charge in [0.2, 0.25) is 5.91 Å². The molecule has 0 unspecified atom stereocenters. The second kappa shape index (κ2) is 7.47. The van der Waals surface area contributed by atoms with Crippen LogP contribution in [0.1, 0.15) is 11.5 Å². The smallest absolute Gasteiger partial charge is 0.239 e. The summed E-state index contributed by atoms with van der Waals surface area (Å²) in [6, 6.07) is 1.69. The number of nitrogens with zero attached hydrogens (tertiary/aromatic N) is 5. The van der Waals surface area contributed by atoms with Gasteiger partial charge in [-0.1, -0.05) is 5.16 Å². The molecule has 134 valence electrons. The number of methoxy groups -OCH3 is 1. The van der Waals surface area contributed by atoms with E-state index in [0.29, 0.717) is 23.9 Å². The Morgan fingerprint density at radius 1 is 1.28 bits per heavy atom. The van der Waals surface area contributed by atoms with Gasteiger partial charge in [0.1, 0.15) is 12.1 Å². The number of hydrogen-bond acceptors (Lipinski definition) is 8. The minimum absolute atomic E-state index is 0.0998. The predicted molar refractivity (Wildman–Crippen MR) is 91.8 cm³/mol. The first-order chi connectivity index (χ1) is 12.1. The van der Waals surface area contributed by atoms with Gasteiger partial charge in [0, 0.05) is 32.2 Å². The van der Waals surface area contributed by atoms with Crippen LogP contribution >= 0.6 is 0 Å². The summed E-state index contributed by atoms with van der Waals surface area (Å²) in [5, 5.41) is 6.51. The lowest BCUT2D eigenvalue weighted by atomic mass is 10.2. The Balaban J connectivity index is 1.53. The molecule has 1 aliphatic rings. The lowest BCUT2D eigenvalue weighted by Crippen LogP contribution is -2.49. The molecular formula is C16H22N6O3. The van der Waals surface area contributed by atoms with Crippen molar-refractivity contribution in [3.63, 3.8) is 0 Å². The molecule has 9 nitrogen and oxygen atoms in total. The van der Waals surface area contributed by atoms with Gasteiger partial charge >= 0.3 is 0 Å². The highest BCUT2D eigenvalue weighted by atomic mass is 16.5. The van der Waals surface area contributed by atoms with Crippen LogP contribution < -0.4 is 15.0 Å². The number of ether oxygens (including phenoxy) is 1. The Bertz CT molecular complexity index is 739. The Kier molecular flexibility index (Phi) is 5.13. The maximum Gasteiger partial charge on any atom is 0.239 e. The van der Waals surface area contributed by atoms with Gasteiger partial charge in [-0.25, -0.2) is 9.97 Å². The molecule has 3 heterocycles. The van der Waals surface area contributed by atoms with Crippen molar-refractivity contribution in [1.29, 1.82) is 0 Å². The van der Waals surface area contributed by atoms with E-state index in [1.807, 2.05) is 6.92 Å². The van der Waals surface area contributed by atoms with Gasteiger partial charge in [-0.15, -0.1) is 0 Å². The fourth-order valence-electron chi connectivity index (χ4n) is 2.84. The topological polar surface area (TPSA) is 96.6 Å². The van der Waals surface area contributed by atoms with Crippen LogP contribution in [-0.2, 0) is 4.79 Å². The van der Waals surface area contributed by atoms with Crippen LogP contribution in [0, 0.1) is 13.8 Å². The first kappa shape index (κ1) is 17.2. The first-order valence-corrected chi connectivity index (χ1v) is 8.13. The number of rotatable bonds is 5. The first-order valence-electron chi connectivity index (χ1n) is 8.13. The highest BCUT2D eigenvalue weighted by Crippen LogP contribution is 2.28. The van der Waals surface area contributed by atoms with E-state index in [2.05, 4.69) is 30.2 Å². The number of carbonyl (C=O) groups is 1. The molecule has 1 amide bonds. The maximum atomic E-state index is 12.1. The van der Waals surface area contributed by atoms with Crippen molar-refractivity contribution in [2.24, 2.45) is 0 Å². The summed E-state index contributed by atoms with van der Waals surface area (Å²) in [4.78, 5) is 24.9. The van der Waals surface area contributed by atoms with Crippen molar-refractivity contribution in [2.75, 3.05) is 50.1 Å². The summed E-state index contributed by atoms with van der Waals surface area (Å²) in [6.07, 6.45) is 1.55. The van der Waals surface area contributed by atoms with E-state index in [4.69, 9.17) is 9.26 Å². The lowest BCUT2D eigenvalue weighted by Gasteiger charge is -2.35. The molecule has 3 rings (SSSR count). The molecule has 25 heavy (non-hydrogen) atoms. The molecule has 2 aromatic rings. The maximum absolute atomic E-state index is 12.1. The standard InChI is InChI=1S/C16H22N6O3/c1-11-8-13(20-25-11)19-14(23)9-21-4-6-22(7-5-21)16-15(24-3)12(2)17-10-18-16/h8,10H,4-7,9H2,1-3H3,(H,19,20,23). The van der Waals surface area contributed by atoms with Gasteiger partial charge in [-0.2, -0.15) is 0 Å². The third-order valence-corrected chi connectivity index (χ3v) is 4.10. The third kappa shape index (κ3) is 4.05. The number of amides is 1. The summed E-state index contributed by atoms with van der Waals surface area (Å²) < 4.78 is 10.4. The predicted octanol–water partition coefficient (Wildman–Crippen LogP) is 0.851. The van der Waals surface area contributed by atoms with Crippen LogP contribution in [-0.4, -0.2) is 65.8 Å². The molecule has 1 fully saturated rings. The number of nitrogens with one attached hydrogen (secondary N) is 1. The molecule has 2 aromatic heterocycles. The lowest BCUT2D eigenvalue weighted by molar-refractivity contribution is -0.117. The summed E-state index contributed by atoms with van der Waals surface area (Å²) in [6.45, 7) is 7.06. The van der Waals surface area contributed by atoms with E-state index < -0.39 is 0 Å². The molecular weight excluding hydrogens is 324 g/mol. The van der Waals surface area contributed by atoms with Crippen molar-refractivity contribution in [3.05, 3.63) is 23.8 Å². The second-order valence-electron chi connectivity index (χ2n) is 5.95. The number of hydrogen-bond donors (Lipinski definition) is 1. The van der Waals surface area contributed by atoms with E-state index >= 15 is 0 Å². The summed E-state index contributed by atoms with van der Waals surface area (Å²) in [7, 11) is 1.63. The van der Waals surface area contributed by atoms with Crippen molar-refractivity contribution in [1.82, 2.24) is 20.0 Å². The summed E-state index contributed by atoms with van der Waals surface area (Å²) in [5.41, 5.74) is 0.817. The van der Waals surface area contributed by atoms with Gasteiger partial charge < -0.3 is 19.5 Å². The second-order valence-corrected chi connectivity index (χ2v) is 5.95. The van der Waals surface area contributed by atoms with E-state index in [0.717, 1.165) is 37.7 Å². The Morgan fingerprint density at radius 3 is 2.68 bits per heavy atom. The van der Waals surface area contributed by atoms with Crippen LogP contribution in [0.2, 0.25) is 0 Å². The molecule has 0 atom stereocenters. The quantitative estimate of drug-likeness (QED) is 0.851. The molecule has 0 aromatic carbocycles. The van der Waals surface area contributed by atoms with E-state index in [-0.39, 0.29) is 5.91 Å². The molecule has 9 heteroatoms. The Morgan fingerprint density at radius 2 is 2.04 bits per heavy atom. The number of aryl methyl sites for hydroxylation is 2. The van der Waals surface area contributed by atoms with Gasteiger partial charge in [0.15, 0.2) is 17.4 Å². The molecule has 0 radical (unpaired) electrons. The zero-order valence-corrected chi connectivity index (χ0v) is 14.7. The minimum atomic E-state index is -0.0998. The zero-order valence-electron chi connectivity index (χ0n) is 14.7. The summed E-state index contributed by atoms with van der Waals surface area (Å²) >= 11 is 0. The average Bonchev–Trinajstić information content (AvgIpc) is 3.00. The molecule has 0 saturated carbocycles. The van der Waals surface area contributed by atoms with Crippen LogP contribution in [0.25, 0.3) is 0 Å². The van der Waals surface area contributed by atoms with E-state index in [9.17, 15) is 4.79 Å². The fraction of sp³-hybridized carbons (Fsp3) is 0.500. The van der Waals surface area contributed by atoms with Crippen molar-refractivity contribution in [3.8, 4) is 5.75 Å². The highest BCUT2D eigenvalue weighted by molar-refractivity contribution is 5.91. The fourth-order valence-corrected chi connectivity index (χ4v) is 2.84. The Labute approximate surface area is 146 Å². The van der Waals surface area contributed by atoms with Crippen LogP contribution in [0.15, 0.2) is 16.9 Å². The highest BCUT2D eigenvalue weighted by Gasteiger charge is 2.23. The molecule has 0 aliphatic carbocycles. The van der Waals surface area contributed by atoms with Crippen molar-refractivity contribution in [2.45, 2.75) is 13.8 Å². The monoisotopic (exact) mass is 346 g/mol. The largest absolute Gasteiger partial charge is 0.491 e. The molecule has 0 spiro atoms. The molecule has 0 bridgehead atoms. The zero-order chi connectivity index (χ0) is 17.8. The number of piperazine rings is 1. The van der Waals surface area contributed by atoms with Crippen LogP contribution in [0.3, 0.4) is 0 Å². The van der Waals surface area contributed by atoms with Crippen molar-refractivity contribution < 1.29 is 14.1 Å². The molecule has 1 saturated heterocycles. The van der Waals surface area contributed by atoms with Gasteiger partial charge in [-0.05, 0) is 13.8 Å². The Hall–Kier alpha value is -2.68. The number of carbonyl (C=O) groups excluding carboxylic acids is 1. The molecule has 1 aliphatic heterocycles. The SMILES string of the molecule is COc1c(C)ncnc1N1CCN(CC(=O)Nc2cc(C)on2)CC1. The van der Waals surface area contributed by atoms with Crippen LogP contribution in [0.4, 0.5) is 11.6 Å². The molecule has 1 N–H and O–H groups in total. The van der Waals surface area contributed by atoms with E-state index in [1.54, 1.807) is 26.4 Å². The van der Waals surface area contributed by atoms with E-state index in [1.165, 1.54) is 0 Å². The van der Waals surface area contributed by atoms with Gasteiger partial charge in [0.25, 0.3) is 0 Å².